The molecule has 0 aliphatic heterocycles. The summed E-state index contributed by atoms with van der Waals surface area (Å²) in [4.78, 5) is 0. The van der Waals surface area contributed by atoms with Crippen LogP contribution in [-0.2, 0) is 0 Å². The van der Waals surface area contributed by atoms with Crippen molar-refractivity contribution in [3.8, 4) is 5.75 Å². The molecule has 0 radical (unpaired) electrons. The van der Waals surface area contributed by atoms with Crippen molar-refractivity contribution in [2.45, 2.75) is 34.6 Å². The number of rotatable bonds is 0. The molecule has 0 aliphatic carbocycles. The minimum absolute atomic E-state index is 0.431. The first-order valence-corrected chi connectivity index (χ1v) is 4.38. The molecular weight excluding hydrogens is 148 g/mol. The van der Waals surface area contributed by atoms with Gasteiger partial charge in [0.1, 0.15) is 5.75 Å². The standard InChI is InChI=1S/C9H12O.C2H6/c1-6-4-5-7(2)9(10)8(6)3;1-2/h4-5,10H,1-3H3;1-2H3. The molecule has 1 aromatic rings. The van der Waals surface area contributed by atoms with Gasteiger partial charge in [0.05, 0.1) is 0 Å². The molecule has 1 heteroatoms. The van der Waals surface area contributed by atoms with E-state index in [0.717, 1.165) is 16.7 Å². The number of phenolic OH excluding ortho intramolecular Hbond substituents is 1. The van der Waals surface area contributed by atoms with E-state index in [2.05, 4.69) is 0 Å². The lowest BCUT2D eigenvalue weighted by atomic mass is 10.1. The Bertz CT molecular complexity index is 224. The number of aromatic hydroxyl groups is 1. The third kappa shape index (κ3) is 2.26. The Labute approximate surface area is 75.1 Å². The second-order valence-electron chi connectivity index (χ2n) is 2.67. The van der Waals surface area contributed by atoms with E-state index in [4.69, 9.17) is 0 Å². The summed E-state index contributed by atoms with van der Waals surface area (Å²) in [5, 5.41) is 9.39. The molecule has 0 unspecified atom stereocenters. The molecule has 0 aromatic heterocycles. The predicted molar refractivity (Wildman–Crippen MR) is 53.7 cm³/mol. The van der Waals surface area contributed by atoms with Gasteiger partial charge in [-0.25, -0.2) is 0 Å². The molecule has 1 aromatic carbocycles. The Morgan fingerprint density at radius 2 is 1.33 bits per heavy atom. The minimum Gasteiger partial charge on any atom is -0.507 e. The highest BCUT2D eigenvalue weighted by Crippen LogP contribution is 2.23. The van der Waals surface area contributed by atoms with Gasteiger partial charge in [0.25, 0.3) is 0 Å². The fourth-order valence-electron chi connectivity index (χ4n) is 0.936. The zero-order chi connectivity index (χ0) is 9.72. The summed E-state index contributed by atoms with van der Waals surface area (Å²) in [6.07, 6.45) is 0. The fourth-order valence-corrected chi connectivity index (χ4v) is 0.936. The average molecular weight is 166 g/mol. The van der Waals surface area contributed by atoms with Gasteiger partial charge in [-0.05, 0) is 37.5 Å². The van der Waals surface area contributed by atoms with Crippen molar-refractivity contribution in [3.63, 3.8) is 0 Å². The minimum atomic E-state index is 0.431. The first-order valence-electron chi connectivity index (χ1n) is 4.38. The number of aryl methyl sites for hydroxylation is 2. The molecule has 0 aliphatic rings. The molecule has 68 valence electrons. The molecule has 0 bridgehead atoms. The SMILES string of the molecule is CC.Cc1ccc(C)c(O)c1C. The van der Waals surface area contributed by atoms with E-state index in [-0.39, 0.29) is 0 Å². The van der Waals surface area contributed by atoms with Gasteiger partial charge in [-0.15, -0.1) is 0 Å². The van der Waals surface area contributed by atoms with E-state index >= 15 is 0 Å². The van der Waals surface area contributed by atoms with Crippen molar-refractivity contribution in [3.05, 3.63) is 28.8 Å². The van der Waals surface area contributed by atoms with Gasteiger partial charge in [0.2, 0.25) is 0 Å². The Hall–Kier alpha value is -0.980. The normalized spacial score (nSPS) is 8.75. The maximum Gasteiger partial charge on any atom is 0.121 e. The highest BCUT2D eigenvalue weighted by molar-refractivity contribution is 5.43. The first-order chi connectivity index (χ1) is 5.63. The van der Waals surface area contributed by atoms with E-state index in [9.17, 15) is 5.11 Å². The molecule has 0 spiro atoms. The molecule has 1 nitrogen and oxygen atoms in total. The number of benzene rings is 1. The summed E-state index contributed by atoms with van der Waals surface area (Å²) in [7, 11) is 0. The van der Waals surface area contributed by atoms with Gasteiger partial charge < -0.3 is 5.11 Å². The zero-order valence-electron chi connectivity index (χ0n) is 8.60. The summed E-state index contributed by atoms with van der Waals surface area (Å²) < 4.78 is 0. The second kappa shape index (κ2) is 4.81. The number of hydrogen-bond donors (Lipinski definition) is 1. The molecule has 0 heterocycles. The third-order valence-corrected chi connectivity index (χ3v) is 1.90. The van der Waals surface area contributed by atoms with Crippen LogP contribution in [0.15, 0.2) is 12.1 Å². The highest BCUT2D eigenvalue weighted by Gasteiger charge is 2.00. The predicted octanol–water partition coefficient (Wildman–Crippen LogP) is 3.34. The Balaban J connectivity index is 0.000000561. The maximum atomic E-state index is 9.39. The van der Waals surface area contributed by atoms with Crippen LogP contribution in [0.25, 0.3) is 0 Å². The van der Waals surface area contributed by atoms with Crippen LogP contribution in [0.1, 0.15) is 30.5 Å². The van der Waals surface area contributed by atoms with Crippen LogP contribution in [0.4, 0.5) is 0 Å². The molecule has 1 N–H and O–H groups in total. The first kappa shape index (κ1) is 11.0. The van der Waals surface area contributed by atoms with Crippen LogP contribution in [0, 0.1) is 20.8 Å². The lowest BCUT2D eigenvalue weighted by Gasteiger charge is -2.04. The molecule has 0 amide bonds. The van der Waals surface area contributed by atoms with Gasteiger partial charge >= 0.3 is 0 Å². The van der Waals surface area contributed by atoms with Crippen molar-refractivity contribution in [2.24, 2.45) is 0 Å². The maximum absolute atomic E-state index is 9.39. The van der Waals surface area contributed by atoms with Crippen LogP contribution in [0.5, 0.6) is 5.75 Å². The van der Waals surface area contributed by atoms with Gasteiger partial charge in [0, 0.05) is 0 Å². The van der Waals surface area contributed by atoms with Crippen LogP contribution < -0.4 is 0 Å². The lowest BCUT2D eigenvalue weighted by Crippen LogP contribution is -1.83. The summed E-state index contributed by atoms with van der Waals surface area (Å²) in [6.45, 7) is 9.83. The van der Waals surface area contributed by atoms with Gasteiger partial charge in [-0.1, -0.05) is 26.0 Å². The summed E-state index contributed by atoms with van der Waals surface area (Å²) in [6, 6.07) is 3.95. The zero-order valence-corrected chi connectivity index (χ0v) is 8.60. The van der Waals surface area contributed by atoms with E-state index in [0.29, 0.717) is 5.75 Å². The average Bonchev–Trinajstić information content (AvgIpc) is 2.12. The molecule has 1 rings (SSSR count). The fraction of sp³-hybridized carbons (Fsp3) is 0.455. The molecule has 0 saturated heterocycles. The van der Waals surface area contributed by atoms with E-state index in [1.165, 1.54) is 0 Å². The summed E-state index contributed by atoms with van der Waals surface area (Å²) in [5.41, 5.74) is 3.08. The molecule has 0 fully saturated rings. The van der Waals surface area contributed by atoms with Crippen molar-refractivity contribution < 1.29 is 5.11 Å². The van der Waals surface area contributed by atoms with Gasteiger partial charge in [0.15, 0.2) is 0 Å². The van der Waals surface area contributed by atoms with Gasteiger partial charge in [-0.2, -0.15) is 0 Å². The molecule has 0 saturated carbocycles. The number of hydrogen-bond acceptors (Lipinski definition) is 1. The Morgan fingerprint density at radius 1 is 0.917 bits per heavy atom. The smallest absolute Gasteiger partial charge is 0.121 e. The molecule has 0 atom stereocenters. The van der Waals surface area contributed by atoms with Crippen LogP contribution in [0.3, 0.4) is 0 Å². The largest absolute Gasteiger partial charge is 0.507 e. The second-order valence-corrected chi connectivity index (χ2v) is 2.67. The Kier molecular flexibility index (Phi) is 4.42. The van der Waals surface area contributed by atoms with Crippen molar-refractivity contribution in [2.75, 3.05) is 0 Å². The monoisotopic (exact) mass is 166 g/mol. The van der Waals surface area contributed by atoms with Gasteiger partial charge in [-0.3, -0.25) is 0 Å². The third-order valence-electron chi connectivity index (χ3n) is 1.90. The van der Waals surface area contributed by atoms with Crippen molar-refractivity contribution in [1.29, 1.82) is 0 Å². The topological polar surface area (TPSA) is 20.2 Å². The molecule has 12 heavy (non-hydrogen) atoms. The highest BCUT2D eigenvalue weighted by atomic mass is 16.3. The van der Waals surface area contributed by atoms with E-state index in [1.54, 1.807) is 0 Å². The Morgan fingerprint density at radius 3 is 1.75 bits per heavy atom. The van der Waals surface area contributed by atoms with Crippen LogP contribution in [-0.4, -0.2) is 5.11 Å². The molecular formula is C11H18O. The summed E-state index contributed by atoms with van der Waals surface area (Å²) >= 11 is 0. The number of phenols is 1. The van der Waals surface area contributed by atoms with Crippen LogP contribution in [0.2, 0.25) is 0 Å². The lowest BCUT2D eigenvalue weighted by molar-refractivity contribution is 0.466. The van der Waals surface area contributed by atoms with Crippen LogP contribution >= 0.6 is 0 Å². The quantitative estimate of drug-likeness (QED) is 0.626. The van der Waals surface area contributed by atoms with E-state index in [1.807, 2.05) is 46.8 Å². The van der Waals surface area contributed by atoms with Crippen molar-refractivity contribution in [1.82, 2.24) is 0 Å². The van der Waals surface area contributed by atoms with E-state index < -0.39 is 0 Å². The summed E-state index contributed by atoms with van der Waals surface area (Å²) in [5.74, 6) is 0.431. The van der Waals surface area contributed by atoms with Crippen molar-refractivity contribution >= 4 is 0 Å².